The Morgan fingerprint density at radius 2 is 1.94 bits per heavy atom. The Kier molecular flexibility index (Phi) is 6.61. The summed E-state index contributed by atoms with van der Waals surface area (Å²) in [6.07, 6.45) is 6.69. The predicted octanol–water partition coefficient (Wildman–Crippen LogP) is 4.91. The van der Waals surface area contributed by atoms with Crippen LogP contribution in [-0.4, -0.2) is 38.1 Å². The highest BCUT2D eigenvalue weighted by molar-refractivity contribution is 6.30. The molecule has 7 heteroatoms. The minimum atomic E-state index is -1.04. The van der Waals surface area contributed by atoms with Gasteiger partial charge in [-0.3, -0.25) is 14.3 Å². The van der Waals surface area contributed by atoms with E-state index in [2.05, 4.69) is 24.3 Å². The zero-order valence-electron chi connectivity index (χ0n) is 19.2. The van der Waals surface area contributed by atoms with Gasteiger partial charge in [-0.1, -0.05) is 63.3 Å². The Morgan fingerprint density at radius 3 is 2.59 bits per heavy atom. The third-order valence-electron chi connectivity index (χ3n) is 6.82. The van der Waals surface area contributed by atoms with Crippen LogP contribution >= 0.6 is 11.6 Å². The van der Waals surface area contributed by atoms with Gasteiger partial charge in [0.25, 0.3) is 5.91 Å². The fourth-order valence-electron chi connectivity index (χ4n) is 4.77. The molecule has 4 rings (SSSR count). The van der Waals surface area contributed by atoms with E-state index in [-0.39, 0.29) is 23.8 Å². The number of carbonyl (C=O) groups excluding carboxylic acids is 2. The second kappa shape index (κ2) is 9.26. The molecule has 1 atom stereocenters. The number of nitrogens with one attached hydrogen (secondary N) is 1. The zero-order valence-corrected chi connectivity index (χ0v) is 20.0. The van der Waals surface area contributed by atoms with Crippen molar-refractivity contribution in [3.8, 4) is 0 Å². The van der Waals surface area contributed by atoms with Crippen LogP contribution in [0.3, 0.4) is 0 Å². The first-order chi connectivity index (χ1) is 15.3. The Hall–Kier alpha value is -2.34. The van der Waals surface area contributed by atoms with Gasteiger partial charge in [-0.05, 0) is 49.4 Å². The molecule has 1 aromatic heterocycles. The summed E-state index contributed by atoms with van der Waals surface area (Å²) in [5.41, 5.74) is 1.26. The van der Waals surface area contributed by atoms with Gasteiger partial charge in [0.05, 0.1) is 12.2 Å². The van der Waals surface area contributed by atoms with E-state index in [0.29, 0.717) is 23.8 Å². The summed E-state index contributed by atoms with van der Waals surface area (Å²) in [6, 6.07) is 9.50. The van der Waals surface area contributed by atoms with E-state index >= 15 is 0 Å². The SMILES string of the molecule is CC(C)c1cc2n(n1)C[C@@](C)(C(=O)NC1CCCCCC1)N(Cc1cccc(Cl)c1)C2=O. The average molecular weight is 457 g/mol. The van der Waals surface area contributed by atoms with Gasteiger partial charge < -0.3 is 10.2 Å². The first-order valence-corrected chi connectivity index (χ1v) is 12.1. The van der Waals surface area contributed by atoms with Crippen molar-refractivity contribution in [2.45, 2.75) is 89.9 Å². The largest absolute Gasteiger partial charge is 0.351 e. The molecule has 1 aromatic carbocycles. The summed E-state index contributed by atoms with van der Waals surface area (Å²) in [5, 5.41) is 8.56. The van der Waals surface area contributed by atoms with Crippen LogP contribution in [0, 0.1) is 0 Å². The van der Waals surface area contributed by atoms with E-state index in [1.807, 2.05) is 37.3 Å². The van der Waals surface area contributed by atoms with Crippen molar-refractivity contribution in [1.82, 2.24) is 20.0 Å². The quantitative estimate of drug-likeness (QED) is 0.649. The van der Waals surface area contributed by atoms with Crippen LogP contribution in [0.5, 0.6) is 0 Å². The number of nitrogens with zero attached hydrogens (tertiary/aromatic N) is 3. The number of fused-ring (bicyclic) bond motifs is 1. The Morgan fingerprint density at radius 1 is 1.22 bits per heavy atom. The average Bonchev–Trinajstić information content (AvgIpc) is 3.00. The maximum atomic E-state index is 13.7. The lowest BCUT2D eigenvalue weighted by Crippen LogP contribution is -2.64. The molecule has 32 heavy (non-hydrogen) atoms. The van der Waals surface area contributed by atoms with E-state index in [4.69, 9.17) is 11.6 Å². The van der Waals surface area contributed by atoms with Gasteiger partial charge in [-0.2, -0.15) is 5.10 Å². The lowest BCUT2D eigenvalue weighted by Gasteiger charge is -2.44. The molecule has 0 saturated heterocycles. The molecule has 172 valence electrons. The maximum absolute atomic E-state index is 13.7. The molecular weight excluding hydrogens is 424 g/mol. The summed E-state index contributed by atoms with van der Waals surface area (Å²) < 4.78 is 1.72. The van der Waals surface area contributed by atoms with Crippen molar-refractivity contribution in [3.63, 3.8) is 0 Å². The van der Waals surface area contributed by atoms with Crippen LogP contribution in [0.25, 0.3) is 0 Å². The number of hydrogen-bond acceptors (Lipinski definition) is 3. The topological polar surface area (TPSA) is 67.2 Å². The fourth-order valence-corrected chi connectivity index (χ4v) is 4.99. The van der Waals surface area contributed by atoms with Gasteiger partial charge >= 0.3 is 0 Å². The van der Waals surface area contributed by atoms with Crippen molar-refractivity contribution in [3.05, 3.63) is 52.3 Å². The van der Waals surface area contributed by atoms with Crippen molar-refractivity contribution in [1.29, 1.82) is 0 Å². The number of benzene rings is 1. The number of amides is 2. The molecular formula is C25H33ClN4O2. The van der Waals surface area contributed by atoms with Gasteiger partial charge in [0.15, 0.2) is 0 Å². The third kappa shape index (κ3) is 4.56. The zero-order chi connectivity index (χ0) is 22.9. The molecule has 0 radical (unpaired) electrons. The summed E-state index contributed by atoms with van der Waals surface area (Å²) in [5.74, 6) is -0.0745. The number of hydrogen-bond donors (Lipinski definition) is 1. The standard InChI is InChI=1S/C25H33ClN4O2/c1-17(2)21-14-22-23(31)29(15-18-9-8-10-19(26)13-18)25(3,16-30(22)28-21)24(32)27-20-11-6-4-5-7-12-20/h8-10,13-14,17,20H,4-7,11-12,15-16H2,1-3H3,(H,27,32)/t25-/m0/s1. The highest BCUT2D eigenvalue weighted by atomic mass is 35.5. The van der Waals surface area contributed by atoms with Crippen LogP contribution < -0.4 is 5.32 Å². The second-order valence-corrected chi connectivity index (χ2v) is 10.2. The van der Waals surface area contributed by atoms with Crippen molar-refractivity contribution >= 4 is 23.4 Å². The lowest BCUT2D eigenvalue weighted by atomic mass is 9.93. The fraction of sp³-hybridized carbons (Fsp3) is 0.560. The molecule has 1 aliphatic carbocycles. The monoisotopic (exact) mass is 456 g/mol. The van der Waals surface area contributed by atoms with Crippen molar-refractivity contribution < 1.29 is 9.59 Å². The maximum Gasteiger partial charge on any atom is 0.273 e. The van der Waals surface area contributed by atoms with E-state index < -0.39 is 5.54 Å². The van der Waals surface area contributed by atoms with Gasteiger partial charge in [0.1, 0.15) is 11.2 Å². The number of aromatic nitrogens is 2. The van der Waals surface area contributed by atoms with E-state index in [1.54, 1.807) is 9.58 Å². The first-order valence-electron chi connectivity index (χ1n) is 11.7. The third-order valence-corrected chi connectivity index (χ3v) is 7.05. The van der Waals surface area contributed by atoms with E-state index in [0.717, 1.165) is 36.9 Å². The minimum Gasteiger partial charge on any atom is -0.351 e. The molecule has 0 bridgehead atoms. The summed E-state index contributed by atoms with van der Waals surface area (Å²) in [4.78, 5) is 29.1. The lowest BCUT2D eigenvalue weighted by molar-refractivity contribution is -0.134. The second-order valence-electron chi connectivity index (χ2n) is 9.72. The molecule has 1 fully saturated rings. The summed E-state index contributed by atoms with van der Waals surface area (Å²) in [7, 11) is 0. The molecule has 0 unspecified atom stereocenters. The summed E-state index contributed by atoms with van der Waals surface area (Å²) in [6.45, 7) is 6.62. The normalized spacial score (nSPS) is 22.0. The highest BCUT2D eigenvalue weighted by Crippen LogP contribution is 2.31. The molecule has 0 spiro atoms. The van der Waals surface area contributed by atoms with Gasteiger partial charge in [-0.25, -0.2) is 0 Å². The molecule has 1 saturated carbocycles. The molecule has 2 amide bonds. The Labute approximate surface area is 195 Å². The number of halogens is 1. The number of rotatable bonds is 5. The number of carbonyl (C=O) groups is 2. The highest BCUT2D eigenvalue weighted by Gasteiger charge is 2.48. The predicted molar refractivity (Wildman–Crippen MR) is 126 cm³/mol. The molecule has 2 aliphatic rings. The Bertz CT molecular complexity index is 994. The van der Waals surface area contributed by atoms with Crippen LogP contribution in [-0.2, 0) is 17.9 Å². The summed E-state index contributed by atoms with van der Waals surface area (Å²) >= 11 is 6.20. The van der Waals surface area contributed by atoms with Crippen molar-refractivity contribution in [2.24, 2.45) is 0 Å². The smallest absolute Gasteiger partial charge is 0.273 e. The van der Waals surface area contributed by atoms with E-state index in [1.165, 1.54) is 12.8 Å². The van der Waals surface area contributed by atoms with E-state index in [9.17, 15) is 9.59 Å². The van der Waals surface area contributed by atoms with Crippen LogP contribution in [0.1, 0.15) is 87.0 Å². The molecule has 1 N–H and O–H groups in total. The van der Waals surface area contributed by atoms with Crippen molar-refractivity contribution in [2.75, 3.05) is 0 Å². The van der Waals surface area contributed by atoms with Crippen LogP contribution in [0.4, 0.5) is 0 Å². The van der Waals surface area contributed by atoms with Gasteiger partial charge in [0.2, 0.25) is 5.91 Å². The van der Waals surface area contributed by atoms with Crippen LogP contribution in [0.15, 0.2) is 30.3 Å². The molecule has 1 aliphatic heterocycles. The van der Waals surface area contributed by atoms with Gasteiger partial charge in [-0.15, -0.1) is 0 Å². The molecule has 2 heterocycles. The van der Waals surface area contributed by atoms with Gasteiger partial charge in [0, 0.05) is 17.6 Å². The molecule has 2 aromatic rings. The first kappa shape index (κ1) is 22.8. The minimum absolute atomic E-state index is 0.105. The van der Waals surface area contributed by atoms with Crippen LogP contribution in [0.2, 0.25) is 5.02 Å². The Balaban J connectivity index is 1.68. The molecule has 6 nitrogen and oxygen atoms in total.